The lowest BCUT2D eigenvalue weighted by Crippen LogP contribution is -2.39. The van der Waals surface area contributed by atoms with E-state index in [9.17, 15) is 9.59 Å². The van der Waals surface area contributed by atoms with Gasteiger partial charge in [0.15, 0.2) is 16.3 Å². The fourth-order valence-electron chi connectivity index (χ4n) is 4.57. The van der Waals surface area contributed by atoms with Crippen LogP contribution >= 0.6 is 11.3 Å². The van der Waals surface area contributed by atoms with E-state index in [4.69, 9.17) is 18.9 Å². The smallest absolute Gasteiger partial charge is 0.338 e. The Balaban J connectivity index is 1.55. The number of esters is 1. The Morgan fingerprint density at radius 3 is 2.40 bits per heavy atom. The van der Waals surface area contributed by atoms with Crippen LogP contribution in [0.15, 0.2) is 93.9 Å². The summed E-state index contributed by atoms with van der Waals surface area (Å²) in [4.78, 5) is 31.7. The summed E-state index contributed by atoms with van der Waals surface area (Å²) in [5.74, 6) is 1.29. The number of rotatable bonds is 8. The third kappa shape index (κ3) is 5.28. The minimum Gasteiger partial charge on any atom is -0.497 e. The highest BCUT2D eigenvalue weighted by Gasteiger charge is 2.33. The molecule has 5 rings (SSSR count). The maximum atomic E-state index is 13.8. The van der Waals surface area contributed by atoms with E-state index < -0.39 is 12.0 Å². The number of methoxy groups -OCH3 is 3. The van der Waals surface area contributed by atoms with Crippen LogP contribution in [0.4, 0.5) is 0 Å². The Bertz CT molecular complexity index is 1750. The Morgan fingerprint density at radius 2 is 1.73 bits per heavy atom. The van der Waals surface area contributed by atoms with Crippen LogP contribution in [0.3, 0.4) is 0 Å². The fraction of sp³-hybridized carbons (Fsp3) is 0.194. The number of carbonyl (C=O) groups is 1. The van der Waals surface area contributed by atoms with Gasteiger partial charge < -0.3 is 18.9 Å². The largest absolute Gasteiger partial charge is 0.497 e. The molecule has 0 amide bonds. The van der Waals surface area contributed by atoms with Crippen molar-refractivity contribution >= 4 is 23.4 Å². The van der Waals surface area contributed by atoms with E-state index in [0.717, 1.165) is 16.7 Å². The highest BCUT2D eigenvalue weighted by atomic mass is 32.1. The topological polar surface area (TPSA) is 88.4 Å². The molecule has 4 aromatic rings. The lowest BCUT2D eigenvalue weighted by Gasteiger charge is -2.24. The molecule has 3 aromatic carbocycles. The second-order valence-corrected chi connectivity index (χ2v) is 10.0. The molecule has 8 nitrogen and oxygen atoms in total. The maximum absolute atomic E-state index is 13.8. The van der Waals surface area contributed by atoms with Gasteiger partial charge in [-0.2, -0.15) is 0 Å². The summed E-state index contributed by atoms with van der Waals surface area (Å²) in [5.41, 5.74) is 3.10. The molecule has 1 atom stereocenters. The van der Waals surface area contributed by atoms with Gasteiger partial charge in [-0.1, -0.05) is 59.9 Å². The van der Waals surface area contributed by atoms with Crippen LogP contribution in [-0.4, -0.2) is 31.9 Å². The molecule has 0 radical (unpaired) electrons. The fourth-order valence-corrected chi connectivity index (χ4v) is 5.62. The van der Waals surface area contributed by atoms with Crippen LogP contribution in [0.1, 0.15) is 29.7 Å². The first-order valence-corrected chi connectivity index (χ1v) is 13.3. The average Bonchev–Trinajstić information content (AvgIpc) is 3.29. The van der Waals surface area contributed by atoms with Gasteiger partial charge in [0.1, 0.15) is 12.4 Å². The number of nitrogens with zero attached hydrogens (tertiary/aromatic N) is 2. The molecule has 1 aliphatic heterocycles. The van der Waals surface area contributed by atoms with Crippen molar-refractivity contribution in [2.45, 2.75) is 19.6 Å². The van der Waals surface area contributed by atoms with Gasteiger partial charge in [-0.3, -0.25) is 9.36 Å². The molecule has 0 saturated heterocycles. The van der Waals surface area contributed by atoms with Crippen LogP contribution in [0.5, 0.6) is 17.2 Å². The minimum atomic E-state index is -0.694. The maximum Gasteiger partial charge on any atom is 0.338 e. The van der Waals surface area contributed by atoms with Crippen molar-refractivity contribution in [3.8, 4) is 17.2 Å². The van der Waals surface area contributed by atoms with E-state index in [1.54, 1.807) is 43.9 Å². The molecule has 1 aliphatic rings. The highest BCUT2D eigenvalue weighted by Crippen LogP contribution is 2.32. The predicted octanol–water partition coefficient (Wildman–Crippen LogP) is 4.00. The van der Waals surface area contributed by atoms with Crippen LogP contribution in [0.2, 0.25) is 0 Å². The summed E-state index contributed by atoms with van der Waals surface area (Å²) in [6.45, 7) is 2.15. The van der Waals surface area contributed by atoms with Gasteiger partial charge in [-0.25, -0.2) is 9.79 Å². The number of hydrogen-bond donors (Lipinski definition) is 0. The molecule has 1 unspecified atom stereocenters. The number of carbonyl (C=O) groups excluding carboxylic acids is 1. The Morgan fingerprint density at radius 1 is 0.975 bits per heavy atom. The first-order chi connectivity index (χ1) is 19.4. The van der Waals surface area contributed by atoms with Crippen molar-refractivity contribution in [2.24, 2.45) is 4.99 Å². The summed E-state index contributed by atoms with van der Waals surface area (Å²) in [6.07, 6.45) is 1.79. The lowest BCUT2D eigenvalue weighted by atomic mass is 9.96. The number of benzene rings is 3. The summed E-state index contributed by atoms with van der Waals surface area (Å²) in [5, 5.41) is 0. The molecule has 40 heavy (non-hydrogen) atoms. The second kappa shape index (κ2) is 11.6. The van der Waals surface area contributed by atoms with Gasteiger partial charge in [0.05, 0.1) is 43.2 Å². The van der Waals surface area contributed by atoms with Crippen LogP contribution in [-0.2, 0) is 16.1 Å². The lowest BCUT2D eigenvalue weighted by molar-refractivity contribution is -0.136. The van der Waals surface area contributed by atoms with Crippen LogP contribution in [0.25, 0.3) is 6.08 Å². The van der Waals surface area contributed by atoms with E-state index >= 15 is 0 Å². The van der Waals surface area contributed by atoms with Gasteiger partial charge in [0, 0.05) is 0 Å². The van der Waals surface area contributed by atoms with E-state index in [1.165, 1.54) is 18.4 Å². The van der Waals surface area contributed by atoms with Gasteiger partial charge in [0.25, 0.3) is 5.56 Å². The molecule has 9 heteroatoms. The van der Waals surface area contributed by atoms with Gasteiger partial charge in [-0.05, 0) is 54.0 Å². The molecule has 0 spiro atoms. The van der Waals surface area contributed by atoms with Crippen molar-refractivity contribution in [1.82, 2.24) is 4.57 Å². The zero-order valence-corrected chi connectivity index (χ0v) is 23.4. The quantitative estimate of drug-likeness (QED) is 0.305. The van der Waals surface area contributed by atoms with Crippen molar-refractivity contribution in [3.63, 3.8) is 0 Å². The first kappa shape index (κ1) is 27.0. The van der Waals surface area contributed by atoms with E-state index in [-0.39, 0.29) is 5.56 Å². The third-order valence-corrected chi connectivity index (χ3v) is 7.56. The summed E-state index contributed by atoms with van der Waals surface area (Å²) >= 11 is 1.26. The number of ether oxygens (including phenoxy) is 4. The number of thiazole rings is 1. The van der Waals surface area contributed by atoms with Crippen molar-refractivity contribution in [3.05, 3.63) is 120 Å². The molecule has 0 saturated carbocycles. The molecular weight excluding hydrogens is 528 g/mol. The summed E-state index contributed by atoms with van der Waals surface area (Å²) in [7, 11) is 4.48. The average molecular weight is 557 g/mol. The molecule has 0 fully saturated rings. The normalized spacial score (nSPS) is 14.8. The number of allylic oxidation sites excluding steroid dienone is 1. The van der Waals surface area contributed by atoms with Gasteiger partial charge >= 0.3 is 5.97 Å². The Hall–Kier alpha value is -4.63. The Kier molecular flexibility index (Phi) is 7.84. The van der Waals surface area contributed by atoms with Crippen LogP contribution < -0.4 is 29.1 Å². The molecular formula is C31H28N2O6S. The van der Waals surface area contributed by atoms with Crippen molar-refractivity contribution in [1.29, 1.82) is 0 Å². The molecule has 0 N–H and O–H groups in total. The predicted molar refractivity (Wildman–Crippen MR) is 153 cm³/mol. The van der Waals surface area contributed by atoms with E-state index in [2.05, 4.69) is 4.99 Å². The summed E-state index contributed by atoms with van der Waals surface area (Å²) in [6, 6.07) is 21.9. The van der Waals surface area contributed by atoms with E-state index in [0.29, 0.717) is 44.5 Å². The molecule has 0 aliphatic carbocycles. The molecule has 2 heterocycles. The number of aromatic nitrogens is 1. The second-order valence-electron chi connectivity index (χ2n) is 9.03. The first-order valence-electron chi connectivity index (χ1n) is 12.5. The Labute approximate surface area is 235 Å². The molecule has 204 valence electrons. The molecule has 0 bridgehead atoms. The van der Waals surface area contributed by atoms with Crippen molar-refractivity contribution in [2.75, 3.05) is 21.3 Å². The third-order valence-electron chi connectivity index (χ3n) is 6.58. The van der Waals surface area contributed by atoms with Gasteiger partial charge in [0.2, 0.25) is 0 Å². The zero-order chi connectivity index (χ0) is 28.2. The monoisotopic (exact) mass is 556 g/mol. The van der Waals surface area contributed by atoms with Crippen LogP contribution in [0, 0.1) is 0 Å². The van der Waals surface area contributed by atoms with Gasteiger partial charge in [-0.15, -0.1) is 0 Å². The molecule has 1 aromatic heterocycles. The highest BCUT2D eigenvalue weighted by molar-refractivity contribution is 7.07. The zero-order valence-electron chi connectivity index (χ0n) is 22.5. The van der Waals surface area contributed by atoms with Crippen molar-refractivity contribution < 1.29 is 23.7 Å². The number of hydrogen-bond acceptors (Lipinski definition) is 8. The minimum absolute atomic E-state index is 0.262. The number of fused-ring (bicyclic) bond motifs is 1. The standard InChI is InChI=1S/C31H28N2O6S/c1-19-27(30(35)38-4)28(22-11-13-23(36-2)14-12-22)33-29(34)26(40-31(33)32-19)17-21-10-15-24(25(16-21)37-3)39-18-20-8-6-5-7-9-20/h5-17,28H,18H2,1-4H3. The summed E-state index contributed by atoms with van der Waals surface area (Å²) < 4.78 is 23.9. The van der Waals surface area contributed by atoms with E-state index in [1.807, 2.05) is 60.7 Å². The SMILES string of the molecule is COC(=O)C1=C(C)N=c2sc(=Cc3ccc(OCc4ccccc4)c(OC)c3)c(=O)n2C1c1ccc(OC)cc1.